The molecule has 4 heteroatoms. The summed E-state index contributed by atoms with van der Waals surface area (Å²) < 4.78 is 5.54. The number of aromatic nitrogens is 1. The highest BCUT2D eigenvalue weighted by Gasteiger charge is 2.21. The lowest BCUT2D eigenvalue weighted by Gasteiger charge is -2.15. The SMILES string of the molecule is CCCCCCCCCCOC(=O)c1cc(-c2c[nH]c3ccccc23)cc(C(C)C)c1O. The molecule has 4 nitrogen and oxygen atoms in total. The first-order chi connectivity index (χ1) is 15.5. The van der Waals surface area contributed by atoms with Crippen molar-refractivity contribution in [1.82, 2.24) is 4.98 Å². The molecule has 0 atom stereocenters. The molecule has 0 spiro atoms. The second kappa shape index (κ2) is 11.8. The number of rotatable bonds is 12. The van der Waals surface area contributed by atoms with Crippen LogP contribution in [-0.2, 0) is 4.74 Å². The summed E-state index contributed by atoms with van der Waals surface area (Å²) in [5.74, 6) is -0.335. The van der Waals surface area contributed by atoms with Crippen molar-refractivity contribution in [1.29, 1.82) is 0 Å². The average molecular weight is 436 g/mol. The second-order valence-electron chi connectivity index (χ2n) is 8.98. The van der Waals surface area contributed by atoms with Crippen LogP contribution >= 0.6 is 0 Å². The van der Waals surface area contributed by atoms with Crippen LogP contribution in [-0.4, -0.2) is 22.7 Å². The number of hydrogen-bond donors (Lipinski definition) is 2. The number of phenols is 1. The van der Waals surface area contributed by atoms with Crippen LogP contribution in [0.15, 0.2) is 42.6 Å². The number of carbonyl (C=O) groups is 1. The first-order valence-corrected chi connectivity index (χ1v) is 12.1. The summed E-state index contributed by atoms with van der Waals surface area (Å²) in [7, 11) is 0. The third kappa shape index (κ3) is 5.93. The van der Waals surface area contributed by atoms with Gasteiger partial charge >= 0.3 is 5.97 Å². The van der Waals surface area contributed by atoms with Gasteiger partial charge in [-0.1, -0.05) is 83.9 Å². The van der Waals surface area contributed by atoms with Crippen molar-refractivity contribution in [3.05, 3.63) is 53.7 Å². The molecule has 32 heavy (non-hydrogen) atoms. The number of aromatic hydroxyl groups is 1. The van der Waals surface area contributed by atoms with Gasteiger partial charge in [-0.2, -0.15) is 0 Å². The topological polar surface area (TPSA) is 62.3 Å². The van der Waals surface area contributed by atoms with Crippen molar-refractivity contribution >= 4 is 16.9 Å². The molecule has 3 aromatic rings. The smallest absolute Gasteiger partial charge is 0.341 e. The highest BCUT2D eigenvalue weighted by Crippen LogP contribution is 2.37. The van der Waals surface area contributed by atoms with Crippen LogP contribution in [0.5, 0.6) is 5.75 Å². The van der Waals surface area contributed by atoms with E-state index in [1.165, 1.54) is 38.5 Å². The van der Waals surface area contributed by atoms with Crippen LogP contribution in [0, 0.1) is 0 Å². The van der Waals surface area contributed by atoms with Crippen molar-refractivity contribution in [3.8, 4) is 16.9 Å². The minimum Gasteiger partial charge on any atom is -0.507 e. The van der Waals surface area contributed by atoms with Crippen molar-refractivity contribution in [3.63, 3.8) is 0 Å². The third-order valence-electron chi connectivity index (χ3n) is 6.11. The molecule has 1 aromatic heterocycles. The zero-order valence-corrected chi connectivity index (χ0v) is 19.7. The Bertz CT molecular complexity index is 1020. The van der Waals surface area contributed by atoms with E-state index in [-0.39, 0.29) is 17.2 Å². The minimum atomic E-state index is -0.450. The van der Waals surface area contributed by atoms with E-state index >= 15 is 0 Å². The first kappa shape index (κ1) is 23.9. The van der Waals surface area contributed by atoms with Gasteiger partial charge in [0.2, 0.25) is 0 Å². The van der Waals surface area contributed by atoms with Crippen LogP contribution in [0.3, 0.4) is 0 Å². The zero-order chi connectivity index (χ0) is 22.9. The minimum absolute atomic E-state index is 0.0320. The van der Waals surface area contributed by atoms with Crippen molar-refractivity contribution in [2.45, 2.75) is 78.1 Å². The molecule has 0 saturated carbocycles. The van der Waals surface area contributed by atoms with Crippen molar-refractivity contribution in [2.24, 2.45) is 0 Å². The van der Waals surface area contributed by atoms with E-state index < -0.39 is 5.97 Å². The van der Waals surface area contributed by atoms with Gasteiger partial charge in [0.15, 0.2) is 0 Å². The van der Waals surface area contributed by atoms with Gasteiger partial charge in [-0.25, -0.2) is 4.79 Å². The number of H-pyrrole nitrogens is 1. The van der Waals surface area contributed by atoms with E-state index in [2.05, 4.69) is 18.0 Å². The first-order valence-electron chi connectivity index (χ1n) is 12.1. The molecule has 0 aliphatic carbocycles. The van der Waals surface area contributed by atoms with E-state index in [0.29, 0.717) is 6.61 Å². The van der Waals surface area contributed by atoms with Crippen molar-refractivity contribution < 1.29 is 14.6 Å². The summed E-state index contributed by atoms with van der Waals surface area (Å²) in [5, 5.41) is 11.9. The van der Waals surface area contributed by atoms with Crippen LogP contribution in [0.4, 0.5) is 0 Å². The van der Waals surface area contributed by atoms with Gasteiger partial charge in [-0.15, -0.1) is 0 Å². The molecule has 0 fully saturated rings. The fraction of sp³-hybridized carbons (Fsp3) is 0.464. The number of nitrogens with one attached hydrogen (secondary N) is 1. The quantitative estimate of drug-likeness (QED) is 0.224. The monoisotopic (exact) mass is 435 g/mol. The molecule has 0 aliphatic heterocycles. The largest absolute Gasteiger partial charge is 0.507 e. The Balaban J connectivity index is 1.68. The normalized spacial score (nSPS) is 11.4. The second-order valence-corrected chi connectivity index (χ2v) is 8.98. The van der Waals surface area contributed by atoms with Gasteiger partial charge in [-0.3, -0.25) is 0 Å². The maximum Gasteiger partial charge on any atom is 0.341 e. The molecule has 2 aromatic carbocycles. The number of fused-ring (bicyclic) bond motifs is 1. The van der Waals surface area contributed by atoms with Gasteiger partial charge in [0, 0.05) is 22.7 Å². The Kier molecular flexibility index (Phi) is 8.78. The van der Waals surface area contributed by atoms with E-state index in [4.69, 9.17) is 4.74 Å². The predicted octanol–water partition coefficient (Wildman–Crippen LogP) is 7.96. The Hall–Kier alpha value is -2.75. The van der Waals surface area contributed by atoms with E-state index in [1.807, 2.05) is 44.3 Å². The number of carbonyl (C=O) groups excluding carboxylic acids is 1. The maximum atomic E-state index is 12.8. The number of hydrogen-bond acceptors (Lipinski definition) is 3. The molecule has 172 valence electrons. The Morgan fingerprint density at radius 1 is 1.00 bits per heavy atom. The van der Waals surface area contributed by atoms with Gasteiger partial charge in [0.05, 0.1) is 6.61 Å². The summed E-state index contributed by atoms with van der Waals surface area (Å²) in [6, 6.07) is 11.8. The zero-order valence-electron chi connectivity index (χ0n) is 19.7. The molecule has 0 bridgehead atoms. The number of aromatic amines is 1. The fourth-order valence-corrected chi connectivity index (χ4v) is 4.20. The van der Waals surface area contributed by atoms with Crippen LogP contribution in [0.1, 0.15) is 94.0 Å². The van der Waals surface area contributed by atoms with Gasteiger partial charge in [0.1, 0.15) is 11.3 Å². The molecule has 1 heterocycles. The lowest BCUT2D eigenvalue weighted by atomic mass is 9.93. The van der Waals surface area contributed by atoms with Crippen LogP contribution < -0.4 is 0 Å². The van der Waals surface area contributed by atoms with Gasteiger partial charge < -0.3 is 14.8 Å². The van der Waals surface area contributed by atoms with Gasteiger partial charge in [-0.05, 0) is 41.7 Å². The lowest BCUT2D eigenvalue weighted by molar-refractivity contribution is 0.0494. The summed E-state index contributed by atoms with van der Waals surface area (Å²) in [6.07, 6.45) is 11.5. The van der Waals surface area contributed by atoms with E-state index in [1.54, 1.807) is 6.07 Å². The molecule has 3 rings (SSSR count). The average Bonchev–Trinajstić information content (AvgIpc) is 3.22. The fourth-order valence-electron chi connectivity index (χ4n) is 4.20. The van der Waals surface area contributed by atoms with Crippen LogP contribution in [0.25, 0.3) is 22.0 Å². The lowest BCUT2D eigenvalue weighted by Crippen LogP contribution is -2.08. The molecule has 0 radical (unpaired) electrons. The number of ether oxygens (including phenoxy) is 1. The maximum absolute atomic E-state index is 12.8. The molecule has 2 N–H and O–H groups in total. The number of benzene rings is 2. The predicted molar refractivity (Wildman–Crippen MR) is 132 cm³/mol. The Labute approximate surface area is 192 Å². The molecular formula is C28H37NO3. The molecule has 0 aliphatic rings. The third-order valence-corrected chi connectivity index (χ3v) is 6.11. The highest BCUT2D eigenvalue weighted by molar-refractivity contribution is 5.99. The van der Waals surface area contributed by atoms with Crippen molar-refractivity contribution in [2.75, 3.05) is 6.61 Å². The summed E-state index contributed by atoms with van der Waals surface area (Å²) in [6.45, 7) is 6.65. The summed E-state index contributed by atoms with van der Waals surface area (Å²) >= 11 is 0. The molecule has 0 unspecified atom stereocenters. The summed E-state index contributed by atoms with van der Waals surface area (Å²) in [4.78, 5) is 16.1. The van der Waals surface area contributed by atoms with E-state index in [9.17, 15) is 9.90 Å². The van der Waals surface area contributed by atoms with Gasteiger partial charge in [0.25, 0.3) is 0 Å². The van der Waals surface area contributed by atoms with Crippen LogP contribution in [0.2, 0.25) is 0 Å². The molecular weight excluding hydrogens is 398 g/mol. The number of para-hydroxylation sites is 1. The summed E-state index contributed by atoms with van der Waals surface area (Å²) in [5.41, 5.74) is 3.96. The standard InChI is InChI=1S/C28H37NO3/c1-4-5-6-7-8-9-10-13-16-32-28(31)24-18-21(17-23(20(2)3)27(24)30)25-19-29-26-15-12-11-14-22(25)26/h11-12,14-15,17-20,29-30H,4-10,13,16H2,1-3H3. The molecule has 0 amide bonds. The highest BCUT2D eigenvalue weighted by atomic mass is 16.5. The van der Waals surface area contributed by atoms with E-state index in [0.717, 1.165) is 40.4 Å². The number of unbranched alkanes of at least 4 members (excludes halogenated alkanes) is 7. The molecule has 0 saturated heterocycles. The number of phenolic OH excluding ortho intramolecular Hbond substituents is 1. The Morgan fingerprint density at radius 2 is 1.69 bits per heavy atom. The number of esters is 1. The Morgan fingerprint density at radius 3 is 2.41 bits per heavy atom.